The first-order valence-electron chi connectivity index (χ1n) is 8.29. The van der Waals surface area contributed by atoms with E-state index in [0.29, 0.717) is 5.56 Å². The van der Waals surface area contributed by atoms with Gasteiger partial charge in [-0.1, -0.05) is 0 Å². The molecule has 25 heavy (non-hydrogen) atoms. The molecule has 4 rings (SSSR count). The number of ether oxygens (including phenoxy) is 2. The van der Waals surface area contributed by atoms with Crippen LogP contribution in [0.2, 0.25) is 0 Å². The minimum atomic E-state index is -0.166. The quantitative estimate of drug-likeness (QED) is 0.761. The number of anilines is 1. The third kappa shape index (κ3) is 3.21. The molecule has 3 aromatic rings. The van der Waals surface area contributed by atoms with Gasteiger partial charge in [0, 0.05) is 17.9 Å². The second-order valence-electron chi connectivity index (χ2n) is 6.04. The van der Waals surface area contributed by atoms with Crippen LogP contribution in [0.4, 0.5) is 5.69 Å². The van der Waals surface area contributed by atoms with Gasteiger partial charge in [0.1, 0.15) is 17.7 Å². The van der Waals surface area contributed by atoms with Gasteiger partial charge in [0.2, 0.25) is 0 Å². The van der Waals surface area contributed by atoms with Gasteiger partial charge in [0.15, 0.2) is 0 Å². The maximum Gasteiger partial charge on any atom is 0.255 e. The Bertz CT molecular complexity index is 896. The number of amides is 1. The predicted molar refractivity (Wildman–Crippen MR) is 95.0 cm³/mol. The number of nitrogens with zero attached hydrogens (tertiary/aromatic N) is 1. The van der Waals surface area contributed by atoms with Gasteiger partial charge in [0.05, 0.1) is 18.1 Å². The van der Waals surface area contributed by atoms with Crippen molar-refractivity contribution >= 4 is 22.6 Å². The lowest BCUT2D eigenvalue weighted by Crippen LogP contribution is -2.11. The zero-order valence-electron chi connectivity index (χ0n) is 13.9. The van der Waals surface area contributed by atoms with Crippen molar-refractivity contribution in [3.63, 3.8) is 0 Å². The Balaban J connectivity index is 1.53. The highest BCUT2D eigenvalue weighted by molar-refractivity contribution is 6.05. The van der Waals surface area contributed by atoms with Gasteiger partial charge in [-0.15, -0.1) is 0 Å². The number of carbonyl (C=O) groups is 1. The summed E-state index contributed by atoms with van der Waals surface area (Å²) in [7, 11) is 1.60. The molecule has 0 saturated carbocycles. The first-order valence-corrected chi connectivity index (χ1v) is 8.29. The van der Waals surface area contributed by atoms with E-state index in [1.165, 1.54) is 0 Å². The number of benzene rings is 2. The molecule has 0 unspecified atom stereocenters. The van der Waals surface area contributed by atoms with E-state index in [9.17, 15) is 4.79 Å². The molecule has 0 aliphatic carbocycles. The molecule has 0 bridgehead atoms. The number of aromatic amines is 1. The van der Waals surface area contributed by atoms with Crippen molar-refractivity contribution in [1.29, 1.82) is 0 Å². The van der Waals surface area contributed by atoms with Crippen molar-refractivity contribution in [2.24, 2.45) is 0 Å². The number of fused-ring (bicyclic) bond motifs is 1. The molecule has 1 fully saturated rings. The number of hydrogen-bond donors (Lipinski definition) is 2. The average Bonchev–Trinajstić information content (AvgIpc) is 3.30. The SMILES string of the molecule is COc1ccc(C(=O)Nc2ccc3nc([C@@H]4CCCO4)[nH]c3c2)cc1. The summed E-state index contributed by atoms with van der Waals surface area (Å²) in [4.78, 5) is 20.3. The molecular weight excluding hydrogens is 318 g/mol. The van der Waals surface area contributed by atoms with Crippen molar-refractivity contribution < 1.29 is 14.3 Å². The Labute approximate surface area is 145 Å². The highest BCUT2D eigenvalue weighted by Crippen LogP contribution is 2.28. The van der Waals surface area contributed by atoms with E-state index in [0.717, 1.165) is 47.7 Å². The monoisotopic (exact) mass is 337 g/mol. The van der Waals surface area contributed by atoms with Crippen LogP contribution < -0.4 is 10.1 Å². The van der Waals surface area contributed by atoms with Crippen molar-refractivity contribution in [1.82, 2.24) is 9.97 Å². The van der Waals surface area contributed by atoms with E-state index in [1.54, 1.807) is 31.4 Å². The van der Waals surface area contributed by atoms with Crippen LogP contribution in [0, 0.1) is 0 Å². The summed E-state index contributed by atoms with van der Waals surface area (Å²) in [5.41, 5.74) is 3.05. The van der Waals surface area contributed by atoms with Crippen LogP contribution in [0.25, 0.3) is 11.0 Å². The van der Waals surface area contributed by atoms with Crippen molar-refractivity contribution in [3.8, 4) is 5.75 Å². The lowest BCUT2D eigenvalue weighted by molar-refractivity contribution is 0.102. The molecule has 2 aromatic carbocycles. The van der Waals surface area contributed by atoms with Crippen LogP contribution in [-0.4, -0.2) is 29.6 Å². The maximum atomic E-state index is 12.4. The number of imidazole rings is 1. The number of rotatable bonds is 4. The van der Waals surface area contributed by atoms with E-state index in [4.69, 9.17) is 9.47 Å². The molecule has 6 nitrogen and oxygen atoms in total. The van der Waals surface area contributed by atoms with E-state index >= 15 is 0 Å². The van der Waals surface area contributed by atoms with E-state index in [1.807, 2.05) is 18.2 Å². The number of aromatic nitrogens is 2. The van der Waals surface area contributed by atoms with Gasteiger partial charge in [-0.2, -0.15) is 0 Å². The standard InChI is InChI=1S/C19H19N3O3/c1-24-14-7-4-12(5-8-14)19(23)20-13-6-9-15-16(11-13)22-18(21-15)17-3-2-10-25-17/h4-9,11,17H,2-3,10H2,1H3,(H,20,23)(H,21,22)/t17-/m0/s1. The fraction of sp³-hybridized carbons (Fsp3) is 0.263. The Hall–Kier alpha value is -2.86. The lowest BCUT2D eigenvalue weighted by atomic mass is 10.2. The van der Waals surface area contributed by atoms with Crippen molar-refractivity contribution in [2.45, 2.75) is 18.9 Å². The van der Waals surface area contributed by atoms with E-state index < -0.39 is 0 Å². The Morgan fingerprint density at radius 2 is 2.12 bits per heavy atom. The summed E-state index contributed by atoms with van der Waals surface area (Å²) in [5.74, 6) is 1.41. The molecule has 1 aliphatic heterocycles. The topological polar surface area (TPSA) is 76.2 Å². The fourth-order valence-electron chi connectivity index (χ4n) is 3.00. The highest BCUT2D eigenvalue weighted by Gasteiger charge is 2.21. The fourth-order valence-corrected chi connectivity index (χ4v) is 3.00. The van der Waals surface area contributed by atoms with Crippen LogP contribution in [-0.2, 0) is 4.74 Å². The largest absolute Gasteiger partial charge is 0.497 e. The molecule has 1 aromatic heterocycles. The van der Waals surface area contributed by atoms with Crippen molar-refractivity contribution in [3.05, 3.63) is 53.9 Å². The zero-order valence-corrected chi connectivity index (χ0v) is 13.9. The Morgan fingerprint density at radius 3 is 2.84 bits per heavy atom. The normalized spacial score (nSPS) is 16.9. The molecule has 1 atom stereocenters. The van der Waals surface area contributed by atoms with Crippen LogP contribution in [0.3, 0.4) is 0 Å². The highest BCUT2D eigenvalue weighted by atomic mass is 16.5. The van der Waals surface area contributed by atoms with Gasteiger partial charge >= 0.3 is 0 Å². The summed E-state index contributed by atoms with van der Waals surface area (Å²) in [5, 5.41) is 2.91. The maximum absolute atomic E-state index is 12.4. The van der Waals surface area contributed by atoms with Crippen LogP contribution in [0.5, 0.6) is 5.75 Å². The second kappa shape index (κ2) is 6.57. The van der Waals surface area contributed by atoms with Crippen LogP contribution in [0.1, 0.15) is 35.1 Å². The molecule has 1 aliphatic rings. The number of hydrogen-bond acceptors (Lipinski definition) is 4. The van der Waals surface area contributed by atoms with Gasteiger partial charge < -0.3 is 19.8 Å². The Morgan fingerprint density at radius 1 is 1.28 bits per heavy atom. The molecule has 6 heteroatoms. The molecule has 0 spiro atoms. The summed E-state index contributed by atoms with van der Waals surface area (Å²) in [6.45, 7) is 0.783. The first-order chi connectivity index (χ1) is 12.2. The van der Waals surface area contributed by atoms with Gasteiger partial charge in [0.25, 0.3) is 5.91 Å². The number of nitrogens with one attached hydrogen (secondary N) is 2. The molecule has 0 radical (unpaired) electrons. The zero-order chi connectivity index (χ0) is 17.2. The van der Waals surface area contributed by atoms with E-state index in [2.05, 4.69) is 15.3 Å². The lowest BCUT2D eigenvalue weighted by Gasteiger charge is -2.06. The minimum absolute atomic E-state index is 0.0461. The number of H-pyrrole nitrogens is 1. The summed E-state index contributed by atoms with van der Waals surface area (Å²) in [6.07, 6.45) is 2.09. The second-order valence-corrected chi connectivity index (χ2v) is 6.04. The summed E-state index contributed by atoms with van der Waals surface area (Å²) in [6, 6.07) is 12.6. The average molecular weight is 337 g/mol. The van der Waals surface area contributed by atoms with Gasteiger partial charge in [-0.25, -0.2) is 4.98 Å². The van der Waals surface area contributed by atoms with E-state index in [-0.39, 0.29) is 12.0 Å². The third-order valence-electron chi connectivity index (χ3n) is 4.34. The molecule has 2 heterocycles. The molecular formula is C19H19N3O3. The molecule has 128 valence electrons. The van der Waals surface area contributed by atoms with Crippen LogP contribution in [0.15, 0.2) is 42.5 Å². The number of methoxy groups -OCH3 is 1. The summed E-state index contributed by atoms with van der Waals surface area (Å²) >= 11 is 0. The van der Waals surface area contributed by atoms with Gasteiger partial charge in [-0.3, -0.25) is 4.79 Å². The van der Waals surface area contributed by atoms with Crippen molar-refractivity contribution in [2.75, 3.05) is 19.0 Å². The molecule has 1 saturated heterocycles. The first kappa shape index (κ1) is 15.7. The minimum Gasteiger partial charge on any atom is -0.497 e. The summed E-state index contributed by atoms with van der Waals surface area (Å²) < 4.78 is 10.8. The molecule has 1 amide bonds. The smallest absolute Gasteiger partial charge is 0.255 e. The number of carbonyl (C=O) groups excluding carboxylic acids is 1. The predicted octanol–water partition coefficient (Wildman–Crippen LogP) is 3.68. The third-order valence-corrected chi connectivity index (χ3v) is 4.34. The van der Waals surface area contributed by atoms with Crippen LogP contribution >= 0.6 is 0 Å². The Kier molecular flexibility index (Phi) is 4.11. The van der Waals surface area contributed by atoms with Gasteiger partial charge in [-0.05, 0) is 55.3 Å². The molecule has 2 N–H and O–H groups in total.